The Labute approximate surface area is 203 Å². The first-order chi connectivity index (χ1) is 16.8. The predicted molar refractivity (Wildman–Crippen MR) is 148 cm³/mol. The van der Waals surface area contributed by atoms with Crippen molar-refractivity contribution in [3.63, 3.8) is 0 Å². The van der Waals surface area contributed by atoms with Crippen molar-refractivity contribution in [3.05, 3.63) is 126 Å². The fraction of sp³-hybridized carbons (Fsp3) is 0. The Morgan fingerprint density at radius 2 is 1.12 bits per heavy atom. The molecule has 0 unspecified atom stereocenters. The van der Waals surface area contributed by atoms with E-state index in [4.69, 9.17) is 0 Å². The monoisotopic (exact) mass is 471 g/mol. The van der Waals surface area contributed by atoms with Gasteiger partial charge in [-0.3, -0.25) is 4.79 Å². The van der Waals surface area contributed by atoms with Gasteiger partial charge in [0.05, 0.1) is 0 Å². The minimum atomic E-state index is -0.130. The highest BCUT2D eigenvalue weighted by atomic mass is 32.2. The Morgan fingerprint density at radius 1 is 0.529 bits per heavy atom. The van der Waals surface area contributed by atoms with Crippen LogP contribution in [0.1, 0.15) is 15.9 Å². The van der Waals surface area contributed by atoms with Crippen LogP contribution in [0.2, 0.25) is 0 Å². The van der Waals surface area contributed by atoms with Crippen LogP contribution in [-0.4, -0.2) is 5.78 Å². The molecule has 0 aliphatic rings. The van der Waals surface area contributed by atoms with Gasteiger partial charge in [-0.2, -0.15) is 0 Å². The van der Waals surface area contributed by atoms with Crippen LogP contribution in [0.3, 0.4) is 0 Å². The van der Waals surface area contributed by atoms with Gasteiger partial charge in [0.15, 0.2) is 20.1 Å². The van der Waals surface area contributed by atoms with Gasteiger partial charge >= 0.3 is 0 Å². The summed E-state index contributed by atoms with van der Waals surface area (Å²) in [7, 11) is -0.130. The number of carbonyl (C=O) groups excluding carboxylic acids is 1. The number of fused-ring (bicyclic) bond motifs is 6. The lowest BCUT2D eigenvalue weighted by molar-refractivity contribution is 0.103. The normalized spacial score (nSPS) is 11.6. The van der Waals surface area contributed by atoms with Crippen molar-refractivity contribution in [2.24, 2.45) is 0 Å². The molecule has 0 N–H and O–H groups in total. The number of hydrogen-bond acceptors (Lipinski definition) is 2. The summed E-state index contributed by atoms with van der Waals surface area (Å²) in [5, 5.41) is 5.07. The van der Waals surface area contributed by atoms with E-state index in [-0.39, 0.29) is 16.3 Å². The van der Waals surface area contributed by atoms with Gasteiger partial charge in [0, 0.05) is 58.6 Å². The third kappa shape index (κ3) is 2.95. The van der Waals surface area contributed by atoms with Crippen molar-refractivity contribution in [1.82, 2.24) is 0 Å². The smallest absolute Gasteiger partial charge is 0.193 e. The Bertz CT molecular complexity index is 1820. The van der Waals surface area contributed by atoms with E-state index in [0.717, 1.165) is 16.5 Å². The van der Waals surface area contributed by atoms with Crippen molar-refractivity contribution in [2.75, 3.05) is 0 Å². The van der Waals surface area contributed by atoms with E-state index in [1.807, 2.05) is 36.4 Å². The van der Waals surface area contributed by atoms with E-state index < -0.39 is 0 Å². The maximum atomic E-state index is 13.1. The molecule has 160 valence electrons. The molecule has 0 amide bonds. The lowest BCUT2D eigenvalue weighted by atomic mass is 10.0. The van der Waals surface area contributed by atoms with Crippen LogP contribution in [-0.2, 0) is 0 Å². The first kappa shape index (κ1) is 19.7. The van der Waals surface area contributed by atoms with E-state index in [0.29, 0.717) is 0 Å². The zero-order valence-corrected chi connectivity index (χ0v) is 19.8. The van der Waals surface area contributed by atoms with Crippen LogP contribution in [0.4, 0.5) is 0 Å². The zero-order valence-electron chi connectivity index (χ0n) is 18.2. The second kappa shape index (κ2) is 7.63. The summed E-state index contributed by atoms with van der Waals surface area (Å²) in [5.41, 5.74) is 1.46. The van der Waals surface area contributed by atoms with Gasteiger partial charge in [-0.1, -0.05) is 54.6 Å². The van der Waals surface area contributed by atoms with E-state index in [1.165, 1.54) is 39.9 Å². The maximum Gasteiger partial charge on any atom is 0.193 e. The summed E-state index contributed by atoms with van der Waals surface area (Å²) < 4.78 is 5.25. The molecule has 0 atom stereocenters. The molecule has 34 heavy (non-hydrogen) atoms. The highest BCUT2D eigenvalue weighted by molar-refractivity contribution is 7.50. The first-order valence-electron chi connectivity index (χ1n) is 11.3. The van der Waals surface area contributed by atoms with Gasteiger partial charge in [0.2, 0.25) is 0 Å². The second-order valence-corrected chi connectivity index (χ2v) is 11.5. The van der Waals surface area contributed by atoms with Gasteiger partial charge in [-0.25, -0.2) is 0 Å². The minimum absolute atomic E-state index is 0.0681. The lowest BCUT2D eigenvalue weighted by Crippen LogP contribution is -2.00. The van der Waals surface area contributed by atoms with Gasteiger partial charge in [0.25, 0.3) is 0 Å². The Balaban J connectivity index is 1.46. The molecular formula is C31H19OS2+. The number of thiophene rings is 2. The molecule has 0 bridgehead atoms. The third-order valence-electron chi connectivity index (χ3n) is 6.48. The standard InChI is InChI=1S/C31H19OS2/c32-31(20-8-2-1-3-9-20)21-14-16-27-25(18-21)26-19-22(15-17-28(26)33-27)34-29-12-6-4-10-23(29)24-11-5-7-13-30(24)34/h1-19H/q+1. The van der Waals surface area contributed by atoms with Crippen LogP contribution in [0.15, 0.2) is 115 Å². The Morgan fingerprint density at radius 3 is 1.82 bits per heavy atom. The van der Waals surface area contributed by atoms with Crippen LogP contribution in [0, 0.1) is 0 Å². The summed E-state index contributed by atoms with van der Waals surface area (Å²) in [6.07, 6.45) is 0. The summed E-state index contributed by atoms with van der Waals surface area (Å²) in [4.78, 5) is 14.4. The van der Waals surface area contributed by atoms with E-state index >= 15 is 0 Å². The van der Waals surface area contributed by atoms with Crippen LogP contribution in [0.5, 0.6) is 0 Å². The van der Waals surface area contributed by atoms with E-state index in [2.05, 4.69) is 78.9 Å². The molecule has 2 aromatic heterocycles. The minimum Gasteiger partial charge on any atom is -0.289 e. The highest BCUT2D eigenvalue weighted by Gasteiger charge is 2.24. The molecule has 5 aromatic carbocycles. The number of ketones is 1. The van der Waals surface area contributed by atoms with Crippen LogP contribution >= 0.6 is 21.8 Å². The second-order valence-electron chi connectivity index (χ2n) is 8.46. The first-order valence-corrected chi connectivity index (χ1v) is 13.3. The average Bonchev–Trinajstić information content (AvgIpc) is 3.43. The third-order valence-corrected chi connectivity index (χ3v) is 9.95. The maximum absolute atomic E-state index is 13.1. The lowest BCUT2D eigenvalue weighted by Gasteiger charge is -2.02. The quantitative estimate of drug-likeness (QED) is 0.185. The van der Waals surface area contributed by atoms with E-state index in [1.54, 1.807) is 11.3 Å². The van der Waals surface area contributed by atoms with Gasteiger partial charge in [-0.05, 0) is 54.6 Å². The van der Waals surface area contributed by atoms with Crippen LogP contribution in [0.25, 0.3) is 45.2 Å². The van der Waals surface area contributed by atoms with Gasteiger partial charge < -0.3 is 0 Å². The summed E-state index contributed by atoms with van der Waals surface area (Å²) in [6.45, 7) is 0. The molecule has 0 fully saturated rings. The molecule has 7 rings (SSSR count). The fourth-order valence-corrected chi connectivity index (χ4v) is 8.36. The number of rotatable bonds is 3. The molecule has 0 aliphatic carbocycles. The molecule has 0 saturated heterocycles. The average molecular weight is 472 g/mol. The molecule has 3 heteroatoms. The van der Waals surface area contributed by atoms with Crippen molar-refractivity contribution in [3.8, 4) is 4.90 Å². The highest BCUT2D eigenvalue weighted by Crippen LogP contribution is 2.49. The Hall–Kier alpha value is -3.79. The number of hydrogen-bond donors (Lipinski definition) is 0. The number of carbonyl (C=O) groups is 1. The topological polar surface area (TPSA) is 17.1 Å². The van der Waals surface area contributed by atoms with Crippen molar-refractivity contribution in [1.29, 1.82) is 0 Å². The molecule has 2 heterocycles. The summed E-state index contributed by atoms with van der Waals surface area (Å²) in [5.74, 6) is 0.0681. The SMILES string of the molecule is O=C(c1ccccc1)c1ccc2sc3ccc(-[s+]4c5ccccc5c5ccccc54)cc3c2c1. The van der Waals surface area contributed by atoms with Crippen molar-refractivity contribution < 1.29 is 4.79 Å². The van der Waals surface area contributed by atoms with Crippen molar-refractivity contribution >= 4 is 67.9 Å². The fourth-order valence-electron chi connectivity index (χ4n) is 4.89. The molecule has 0 saturated carbocycles. The summed E-state index contributed by atoms with van der Waals surface area (Å²) in [6, 6.07) is 40.1. The summed E-state index contributed by atoms with van der Waals surface area (Å²) >= 11 is 1.79. The molecule has 1 nitrogen and oxygen atoms in total. The number of benzene rings is 5. The molecular weight excluding hydrogens is 452 g/mol. The van der Waals surface area contributed by atoms with E-state index in [9.17, 15) is 4.79 Å². The molecule has 0 spiro atoms. The van der Waals surface area contributed by atoms with Crippen molar-refractivity contribution in [2.45, 2.75) is 0 Å². The molecule has 0 radical (unpaired) electrons. The van der Waals surface area contributed by atoms with Gasteiger partial charge in [-0.15, -0.1) is 11.3 Å². The van der Waals surface area contributed by atoms with Gasteiger partial charge in [0.1, 0.15) is 0 Å². The largest absolute Gasteiger partial charge is 0.289 e. The predicted octanol–water partition coefficient (Wildman–Crippen LogP) is 9.33. The molecule has 7 aromatic rings. The Kier molecular flexibility index (Phi) is 4.41. The zero-order chi connectivity index (χ0) is 22.6. The van der Waals surface area contributed by atoms with Crippen LogP contribution < -0.4 is 0 Å². The molecule has 0 aliphatic heterocycles.